The number of carbonyl (C=O) groups is 1. The second-order valence-corrected chi connectivity index (χ2v) is 6.05. The van der Waals surface area contributed by atoms with E-state index in [1.165, 1.54) is 5.56 Å². The van der Waals surface area contributed by atoms with E-state index in [0.717, 1.165) is 33.4 Å². The first kappa shape index (κ1) is 14.1. The van der Waals surface area contributed by atoms with Gasteiger partial charge in [-0.05, 0) is 49.6 Å². The highest BCUT2D eigenvalue weighted by molar-refractivity contribution is 9.10. The first-order valence-electron chi connectivity index (χ1n) is 6.39. The van der Waals surface area contributed by atoms with Gasteiger partial charge in [0, 0.05) is 27.1 Å². The Morgan fingerprint density at radius 1 is 1.21 bits per heavy atom. The Kier molecular flexibility index (Phi) is 3.95. The molecule has 0 fully saturated rings. The molecule has 100 valence electrons. The summed E-state index contributed by atoms with van der Waals surface area (Å²) in [4.78, 5) is 11.1. The van der Waals surface area contributed by atoms with Crippen molar-refractivity contribution in [2.45, 2.75) is 33.6 Å². The number of hydrogen-bond acceptors (Lipinski definition) is 1. The van der Waals surface area contributed by atoms with Crippen molar-refractivity contribution in [2.24, 2.45) is 0 Å². The fourth-order valence-electron chi connectivity index (χ4n) is 2.47. The van der Waals surface area contributed by atoms with Crippen LogP contribution in [0, 0.1) is 13.8 Å². The van der Waals surface area contributed by atoms with Crippen LogP contribution in [-0.2, 0) is 0 Å². The minimum absolute atomic E-state index is 0.424. The molecule has 0 atom stereocenters. The van der Waals surface area contributed by atoms with Gasteiger partial charge in [-0.2, -0.15) is 0 Å². The predicted octanol–water partition coefficient (Wildman–Crippen LogP) is 4.79. The van der Waals surface area contributed by atoms with Crippen LogP contribution < -0.4 is 0 Å². The third-order valence-electron chi connectivity index (χ3n) is 3.45. The highest BCUT2D eigenvalue weighted by Gasteiger charge is 2.15. The first-order valence-corrected chi connectivity index (χ1v) is 7.19. The van der Waals surface area contributed by atoms with Gasteiger partial charge >= 0.3 is 0 Å². The summed E-state index contributed by atoms with van der Waals surface area (Å²) in [6, 6.07) is 8.24. The Bertz CT molecular complexity index is 626. The largest absolute Gasteiger partial charge is 0.317 e. The summed E-state index contributed by atoms with van der Waals surface area (Å²) in [7, 11) is 0. The topological polar surface area (TPSA) is 22.0 Å². The van der Waals surface area contributed by atoms with Crippen LogP contribution in [0.25, 0.3) is 5.69 Å². The van der Waals surface area contributed by atoms with Crippen LogP contribution in [0.2, 0.25) is 0 Å². The highest BCUT2D eigenvalue weighted by atomic mass is 79.9. The number of aromatic nitrogens is 1. The lowest BCUT2D eigenvalue weighted by molar-refractivity contribution is 0.112. The van der Waals surface area contributed by atoms with Crippen molar-refractivity contribution in [3.05, 3.63) is 51.3 Å². The van der Waals surface area contributed by atoms with E-state index in [0.29, 0.717) is 5.92 Å². The summed E-state index contributed by atoms with van der Waals surface area (Å²) in [5, 5.41) is 0. The summed E-state index contributed by atoms with van der Waals surface area (Å²) in [5.41, 5.74) is 5.27. The van der Waals surface area contributed by atoms with Gasteiger partial charge in [-0.1, -0.05) is 29.8 Å². The molecule has 19 heavy (non-hydrogen) atoms. The quantitative estimate of drug-likeness (QED) is 0.745. The standard InChI is InChI=1S/C16H18BrNO/c1-10(2)15-8-14(17)5-6-16(15)18-11(3)7-13(9-19)12(18)4/h5-10H,1-4H3. The zero-order valence-electron chi connectivity index (χ0n) is 11.7. The van der Waals surface area contributed by atoms with E-state index in [4.69, 9.17) is 0 Å². The average Bonchev–Trinajstić information content (AvgIpc) is 2.64. The molecule has 1 heterocycles. The molecule has 0 saturated carbocycles. The van der Waals surface area contributed by atoms with Gasteiger partial charge in [0.05, 0.1) is 0 Å². The van der Waals surface area contributed by atoms with Crippen molar-refractivity contribution in [3.8, 4) is 5.69 Å². The monoisotopic (exact) mass is 319 g/mol. The first-order chi connectivity index (χ1) is 8.95. The van der Waals surface area contributed by atoms with Gasteiger partial charge in [-0.15, -0.1) is 0 Å². The molecule has 3 heteroatoms. The Morgan fingerprint density at radius 2 is 1.89 bits per heavy atom. The van der Waals surface area contributed by atoms with Crippen LogP contribution in [0.4, 0.5) is 0 Å². The van der Waals surface area contributed by atoms with Crippen LogP contribution in [0.5, 0.6) is 0 Å². The van der Waals surface area contributed by atoms with Crippen molar-refractivity contribution in [1.82, 2.24) is 4.57 Å². The molecule has 0 aliphatic carbocycles. The summed E-state index contributed by atoms with van der Waals surface area (Å²) in [6.45, 7) is 8.38. The lowest BCUT2D eigenvalue weighted by atomic mass is 10.0. The molecule has 0 N–H and O–H groups in total. The maximum Gasteiger partial charge on any atom is 0.151 e. The van der Waals surface area contributed by atoms with Crippen LogP contribution in [0.3, 0.4) is 0 Å². The Hall–Kier alpha value is -1.35. The Morgan fingerprint density at radius 3 is 2.42 bits per heavy atom. The number of nitrogens with zero attached hydrogens (tertiary/aromatic N) is 1. The number of benzene rings is 1. The Labute approximate surface area is 122 Å². The molecule has 0 aliphatic heterocycles. The zero-order chi connectivity index (χ0) is 14.2. The van der Waals surface area contributed by atoms with Gasteiger partial charge in [0.15, 0.2) is 6.29 Å². The number of halogens is 1. The molecule has 0 unspecified atom stereocenters. The van der Waals surface area contributed by atoms with E-state index in [9.17, 15) is 4.79 Å². The molecular weight excluding hydrogens is 302 g/mol. The zero-order valence-corrected chi connectivity index (χ0v) is 13.3. The second-order valence-electron chi connectivity index (χ2n) is 5.14. The predicted molar refractivity (Wildman–Crippen MR) is 82.4 cm³/mol. The van der Waals surface area contributed by atoms with Crippen molar-refractivity contribution in [3.63, 3.8) is 0 Å². The van der Waals surface area contributed by atoms with E-state index < -0.39 is 0 Å². The van der Waals surface area contributed by atoms with Crippen LogP contribution >= 0.6 is 15.9 Å². The molecule has 2 nitrogen and oxygen atoms in total. The lowest BCUT2D eigenvalue weighted by Crippen LogP contribution is -2.05. The molecule has 0 bridgehead atoms. The number of hydrogen-bond donors (Lipinski definition) is 0. The van der Waals surface area contributed by atoms with E-state index in [2.05, 4.69) is 46.5 Å². The maximum absolute atomic E-state index is 11.1. The number of carbonyl (C=O) groups excluding carboxylic acids is 1. The molecule has 2 rings (SSSR count). The van der Waals surface area contributed by atoms with Crippen LogP contribution in [0.1, 0.15) is 47.1 Å². The van der Waals surface area contributed by atoms with Crippen molar-refractivity contribution < 1.29 is 4.79 Å². The molecule has 0 radical (unpaired) electrons. The van der Waals surface area contributed by atoms with Gasteiger partial charge in [-0.3, -0.25) is 4.79 Å². The average molecular weight is 320 g/mol. The number of rotatable bonds is 3. The smallest absolute Gasteiger partial charge is 0.151 e. The molecular formula is C16H18BrNO. The maximum atomic E-state index is 11.1. The molecule has 0 spiro atoms. The minimum atomic E-state index is 0.424. The molecule has 0 amide bonds. The van der Waals surface area contributed by atoms with Gasteiger partial charge in [0.25, 0.3) is 0 Å². The van der Waals surface area contributed by atoms with Crippen LogP contribution in [0.15, 0.2) is 28.7 Å². The Balaban J connectivity index is 2.72. The van der Waals surface area contributed by atoms with Crippen LogP contribution in [-0.4, -0.2) is 10.9 Å². The molecule has 0 saturated heterocycles. The fourth-order valence-corrected chi connectivity index (χ4v) is 2.85. The molecule has 0 aliphatic rings. The number of aryl methyl sites for hydroxylation is 1. The minimum Gasteiger partial charge on any atom is -0.317 e. The van der Waals surface area contributed by atoms with Gasteiger partial charge < -0.3 is 4.57 Å². The third-order valence-corrected chi connectivity index (χ3v) is 3.94. The van der Waals surface area contributed by atoms with Crippen molar-refractivity contribution in [1.29, 1.82) is 0 Å². The normalized spacial score (nSPS) is 11.1. The van der Waals surface area contributed by atoms with E-state index in [1.807, 2.05) is 26.0 Å². The second kappa shape index (κ2) is 5.33. The molecule has 1 aromatic heterocycles. The van der Waals surface area contributed by atoms with E-state index >= 15 is 0 Å². The lowest BCUT2D eigenvalue weighted by Gasteiger charge is -2.17. The fraction of sp³-hybridized carbons (Fsp3) is 0.312. The SMILES string of the molecule is Cc1cc(C=O)c(C)n1-c1ccc(Br)cc1C(C)C. The van der Waals surface area contributed by atoms with Gasteiger partial charge in [-0.25, -0.2) is 0 Å². The molecule has 2 aromatic rings. The summed E-state index contributed by atoms with van der Waals surface area (Å²) in [6.07, 6.45) is 0.923. The summed E-state index contributed by atoms with van der Waals surface area (Å²) in [5.74, 6) is 0.424. The molecule has 1 aromatic carbocycles. The van der Waals surface area contributed by atoms with Gasteiger partial charge in [0.1, 0.15) is 0 Å². The highest BCUT2D eigenvalue weighted by Crippen LogP contribution is 2.29. The van der Waals surface area contributed by atoms with Crippen molar-refractivity contribution >= 4 is 22.2 Å². The van der Waals surface area contributed by atoms with E-state index in [1.54, 1.807) is 0 Å². The number of aldehydes is 1. The summed E-state index contributed by atoms with van der Waals surface area (Å²) < 4.78 is 3.24. The summed E-state index contributed by atoms with van der Waals surface area (Å²) >= 11 is 3.53. The van der Waals surface area contributed by atoms with Gasteiger partial charge in [0.2, 0.25) is 0 Å². The van der Waals surface area contributed by atoms with Crippen molar-refractivity contribution in [2.75, 3.05) is 0 Å². The van der Waals surface area contributed by atoms with E-state index in [-0.39, 0.29) is 0 Å². The third kappa shape index (κ3) is 2.52.